The lowest BCUT2D eigenvalue weighted by molar-refractivity contribution is -0.119. The molecule has 0 spiro atoms. The van der Waals surface area contributed by atoms with Gasteiger partial charge in [0, 0.05) is 29.8 Å². The number of nitrogens with zero attached hydrogens (tertiary/aromatic N) is 1. The van der Waals surface area contributed by atoms with Crippen LogP contribution in [0, 0.1) is 18.8 Å². The fourth-order valence-electron chi connectivity index (χ4n) is 2.88. The Morgan fingerprint density at radius 1 is 1.08 bits per heavy atom. The highest BCUT2D eigenvalue weighted by atomic mass is 16.2. The van der Waals surface area contributed by atoms with Gasteiger partial charge in [-0.1, -0.05) is 29.5 Å². The van der Waals surface area contributed by atoms with E-state index >= 15 is 0 Å². The maximum atomic E-state index is 12.0. The van der Waals surface area contributed by atoms with E-state index < -0.39 is 0 Å². The molecule has 0 atom stereocenters. The molecular weight excluding hydrogens is 324 g/mol. The molecule has 0 aromatic heterocycles. The third-order valence-electron chi connectivity index (χ3n) is 4.39. The van der Waals surface area contributed by atoms with Crippen LogP contribution in [0.1, 0.15) is 40.7 Å². The van der Waals surface area contributed by atoms with Gasteiger partial charge in [0.1, 0.15) is 0 Å². The van der Waals surface area contributed by atoms with Gasteiger partial charge in [0.25, 0.3) is 5.91 Å². The van der Waals surface area contributed by atoms with Gasteiger partial charge in [0.05, 0.1) is 6.54 Å². The topological polar surface area (TPSA) is 49.4 Å². The van der Waals surface area contributed by atoms with Crippen LogP contribution >= 0.6 is 0 Å². The minimum Gasteiger partial charge on any atom is -0.341 e. The van der Waals surface area contributed by atoms with Crippen LogP contribution in [0.25, 0.3) is 0 Å². The molecule has 26 heavy (non-hydrogen) atoms. The number of amides is 2. The average molecular weight is 346 g/mol. The highest BCUT2D eigenvalue weighted by molar-refractivity contribution is 5.94. The average Bonchev–Trinajstić information content (AvgIpc) is 2.67. The van der Waals surface area contributed by atoms with Crippen LogP contribution in [0.5, 0.6) is 0 Å². The minimum atomic E-state index is -0.127. The van der Waals surface area contributed by atoms with E-state index in [1.165, 1.54) is 0 Å². The zero-order valence-corrected chi connectivity index (χ0v) is 14.9. The summed E-state index contributed by atoms with van der Waals surface area (Å²) in [7, 11) is 0. The number of aryl methyl sites for hydroxylation is 1. The molecule has 1 saturated heterocycles. The normalized spacial score (nSPS) is 13.7. The number of rotatable bonds is 3. The summed E-state index contributed by atoms with van der Waals surface area (Å²) in [6.07, 6.45) is 2.66. The second-order valence-corrected chi connectivity index (χ2v) is 6.40. The second kappa shape index (κ2) is 8.35. The quantitative estimate of drug-likeness (QED) is 0.867. The lowest BCUT2D eigenvalue weighted by Gasteiger charge is -2.26. The molecule has 132 valence electrons. The highest BCUT2D eigenvalue weighted by Gasteiger charge is 2.19. The maximum absolute atomic E-state index is 12.0. The Hall–Kier alpha value is -3.06. The number of hydrogen-bond acceptors (Lipinski definition) is 2. The molecule has 2 amide bonds. The van der Waals surface area contributed by atoms with Crippen LogP contribution < -0.4 is 10.2 Å². The van der Waals surface area contributed by atoms with Crippen molar-refractivity contribution in [2.75, 3.05) is 18.0 Å². The van der Waals surface area contributed by atoms with Crippen molar-refractivity contribution < 1.29 is 9.59 Å². The van der Waals surface area contributed by atoms with Crippen molar-refractivity contribution in [1.29, 1.82) is 0 Å². The number of piperidine rings is 1. The minimum absolute atomic E-state index is 0.127. The van der Waals surface area contributed by atoms with Crippen molar-refractivity contribution in [3.8, 4) is 11.8 Å². The summed E-state index contributed by atoms with van der Waals surface area (Å²) in [6.45, 7) is 3.06. The van der Waals surface area contributed by atoms with Crippen molar-refractivity contribution in [3.63, 3.8) is 0 Å². The molecule has 0 radical (unpaired) electrons. The second-order valence-electron chi connectivity index (χ2n) is 6.40. The predicted molar refractivity (Wildman–Crippen MR) is 103 cm³/mol. The Labute approximate surface area is 154 Å². The Kier molecular flexibility index (Phi) is 5.70. The van der Waals surface area contributed by atoms with E-state index in [0.717, 1.165) is 36.2 Å². The van der Waals surface area contributed by atoms with Gasteiger partial charge in [-0.05, 0) is 56.2 Å². The van der Waals surface area contributed by atoms with E-state index in [0.29, 0.717) is 18.5 Å². The molecule has 2 aromatic carbocycles. The van der Waals surface area contributed by atoms with Crippen LogP contribution in [0.3, 0.4) is 0 Å². The van der Waals surface area contributed by atoms with Crippen LogP contribution in [-0.2, 0) is 4.79 Å². The van der Waals surface area contributed by atoms with Crippen LogP contribution in [0.4, 0.5) is 5.69 Å². The van der Waals surface area contributed by atoms with E-state index in [1.54, 1.807) is 12.1 Å². The summed E-state index contributed by atoms with van der Waals surface area (Å²) >= 11 is 0. The molecule has 4 heteroatoms. The largest absolute Gasteiger partial charge is 0.341 e. The van der Waals surface area contributed by atoms with Crippen molar-refractivity contribution in [2.45, 2.75) is 26.2 Å². The molecule has 0 aliphatic carbocycles. The van der Waals surface area contributed by atoms with Crippen molar-refractivity contribution in [3.05, 3.63) is 65.2 Å². The molecule has 1 fully saturated rings. The van der Waals surface area contributed by atoms with E-state index in [-0.39, 0.29) is 11.8 Å². The van der Waals surface area contributed by atoms with Crippen LogP contribution in [0.15, 0.2) is 48.5 Å². The molecule has 1 aliphatic rings. The van der Waals surface area contributed by atoms with E-state index in [1.807, 2.05) is 48.2 Å². The molecule has 0 saturated carbocycles. The lowest BCUT2D eigenvalue weighted by atomic mass is 10.1. The van der Waals surface area contributed by atoms with Gasteiger partial charge in [-0.15, -0.1) is 0 Å². The molecule has 2 aromatic rings. The first-order valence-corrected chi connectivity index (χ1v) is 8.88. The molecule has 0 unspecified atom stereocenters. The summed E-state index contributed by atoms with van der Waals surface area (Å²) in [6, 6.07) is 15.1. The number of nitrogens with one attached hydrogen (secondary N) is 1. The third-order valence-corrected chi connectivity index (χ3v) is 4.39. The lowest BCUT2D eigenvalue weighted by Crippen LogP contribution is -2.35. The fourth-order valence-corrected chi connectivity index (χ4v) is 2.88. The molecule has 1 aliphatic heterocycles. The monoisotopic (exact) mass is 346 g/mol. The van der Waals surface area contributed by atoms with Crippen molar-refractivity contribution in [1.82, 2.24) is 5.32 Å². The van der Waals surface area contributed by atoms with Gasteiger partial charge in [-0.25, -0.2) is 0 Å². The van der Waals surface area contributed by atoms with E-state index in [2.05, 4.69) is 17.2 Å². The SMILES string of the molecule is Cc1ccc(C(=O)NCC#Cc2ccc(N3CCCCC3=O)cc2)cc1. The van der Waals surface area contributed by atoms with Gasteiger partial charge in [0.2, 0.25) is 5.91 Å². The summed E-state index contributed by atoms with van der Waals surface area (Å²) < 4.78 is 0. The molecule has 0 bridgehead atoms. The van der Waals surface area contributed by atoms with Crippen molar-refractivity contribution in [2.24, 2.45) is 0 Å². The smallest absolute Gasteiger partial charge is 0.252 e. The highest BCUT2D eigenvalue weighted by Crippen LogP contribution is 2.20. The Balaban J connectivity index is 1.54. The van der Waals surface area contributed by atoms with Gasteiger partial charge < -0.3 is 10.2 Å². The molecule has 3 rings (SSSR count). The van der Waals surface area contributed by atoms with Gasteiger partial charge in [-0.2, -0.15) is 0 Å². The first-order chi connectivity index (χ1) is 12.6. The maximum Gasteiger partial charge on any atom is 0.252 e. The predicted octanol–water partition coefficient (Wildman–Crippen LogP) is 3.29. The molecule has 1 heterocycles. The zero-order chi connectivity index (χ0) is 18.4. The van der Waals surface area contributed by atoms with E-state index in [4.69, 9.17) is 0 Å². The number of carbonyl (C=O) groups excluding carboxylic acids is 2. The molecular formula is C22H22N2O2. The molecule has 4 nitrogen and oxygen atoms in total. The van der Waals surface area contributed by atoms with Crippen LogP contribution in [0.2, 0.25) is 0 Å². The van der Waals surface area contributed by atoms with Gasteiger partial charge in [0.15, 0.2) is 0 Å². The first-order valence-electron chi connectivity index (χ1n) is 8.88. The Morgan fingerprint density at radius 3 is 2.50 bits per heavy atom. The summed E-state index contributed by atoms with van der Waals surface area (Å²) in [5.41, 5.74) is 3.54. The number of anilines is 1. The molecule has 1 N–H and O–H groups in total. The summed E-state index contributed by atoms with van der Waals surface area (Å²) in [5.74, 6) is 6.05. The first kappa shape index (κ1) is 17.8. The van der Waals surface area contributed by atoms with Gasteiger partial charge >= 0.3 is 0 Å². The Morgan fingerprint density at radius 2 is 1.81 bits per heavy atom. The third kappa shape index (κ3) is 4.52. The standard InChI is InChI=1S/C22H22N2O2/c1-17-7-11-19(12-8-17)22(26)23-15-4-5-18-9-13-20(14-10-18)24-16-3-2-6-21(24)25/h7-14H,2-3,6,15-16H2,1H3,(H,23,26). The Bertz CT molecular complexity index is 842. The number of hydrogen-bond donors (Lipinski definition) is 1. The van der Waals surface area contributed by atoms with Crippen LogP contribution in [-0.4, -0.2) is 24.9 Å². The summed E-state index contributed by atoms with van der Waals surface area (Å²) in [5, 5.41) is 2.79. The van der Waals surface area contributed by atoms with E-state index in [9.17, 15) is 9.59 Å². The number of benzene rings is 2. The zero-order valence-electron chi connectivity index (χ0n) is 14.9. The summed E-state index contributed by atoms with van der Waals surface area (Å²) in [4.78, 5) is 25.8. The van der Waals surface area contributed by atoms with Crippen molar-refractivity contribution >= 4 is 17.5 Å². The van der Waals surface area contributed by atoms with Gasteiger partial charge in [-0.3, -0.25) is 9.59 Å². The fraction of sp³-hybridized carbons (Fsp3) is 0.273. The number of carbonyl (C=O) groups is 2.